The largest absolute Gasteiger partial charge is 0.267 e. The van der Waals surface area contributed by atoms with Gasteiger partial charge in [-0.3, -0.25) is 5.21 Å². The smallest absolute Gasteiger partial charge is 0.0899 e. The molecule has 0 radical (unpaired) electrons. The maximum Gasteiger partial charge on any atom is 0.0899 e. The molecule has 0 bridgehead atoms. The van der Waals surface area contributed by atoms with Gasteiger partial charge in [0.2, 0.25) is 0 Å². The second kappa shape index (κ2) is 5.09. The van der Waals surface area contributed by atoms with Gasteiger partial charge in [0.05, 0.1) is 11.9 Å². The van der Waals surface area contributed by atoms with Crippen molar-refractivity contribution in [2.45, 2.75) is 0 Å². The van der Waals surface area contributed by atoms with E-state index in [9.17, 15) is 5.21 Å². The number of para-hydroxylation sites is 1. The van der Waals surface area contributed by atoms with E-state index in [1.807, 2.05) is 48.5 Å². The van der Waals surface area contributed by atoms with Gasteiger partial charge in [-0.05, 0) is 17.7 Å². The molecule has 0 amide bonds. The van der Waals surface area contributed by atoms with Crippen LogP contribution < -0.4 is 5.17 Å². The zero-order chi connectivity index (χ0) is 11.2. The summed E-state index contributed by atoms with van der Waals surface area (Å²) >= 11 is 0. The van der Waals surface area contributed by atoms with Gasteiger partial charge in [0.25, 0.3) is 0 Å². The first kappa shape index (κ1) is 10.4. The minimum Gasteiger partial charge on any atom is -0.267 e. The van der Waals surface area contributed by atoms with Crippen LogP contribution in [0.15, 0.2) is 65.8 Å². The Morgan fingerprint density at radius 2 is 1.44 bits per heavy atom. The normalized spacial score (nSPS) is 10.6. The average molecular weight is 212 g/mol. The topological polar surface area (TPSA) is 35.8 Å². The molecule has 0 heterocycles. The molecule has 2 rings (SSSR count). The van der Waals surface area contributed by atoms with Crippen molar-refractivity contribution < 1.29 is 5.21 Å². The summed E-state index contributed by atoms with van der Waals surface area (Å²) in [5.74, 6) is 0. The number of nitrogens with zero attached hydrogens (tertiary/aromatic N) is 2. The van der Waals surface area contributed by atoms with Gasteiger partial charge in [-0.1, -0.05) is 48.5 Å². The number of anilines is 1. The van der Waals surface area contributed by atoms with Crippen LogP contribution in [0.2, 0.25) is 0 Å². The Hall–Kier alpha value is -2.13. The SMILES string of the molecule is ON(N=Cc1ccccc1)c1ccccc1. The lowest BCUT2D eigenvalue weighted by Gasteiger charge is -2.09. The predicted octanol–water partition coefficient (Wildman–Crippen LogP) is 2.92. The number of benzene rings is 2. The van der Waals surface area contributed by atoms with E-state index in [0.29, 0.717) is 5.69 Å². The predicted molar refractivity (Wildman–Crippen MR) is 64.7 cm³/mol. The van der Waals surface area contributed by atoms with Crippen molar-refractivity contribution in [3.8, 4) is 0 Å². The third kappa shape index (κ3) is 2.68. The van der Waals surface area contributed by atoms with E-state index >= 15 is 0 Å². The van der Waals surface area contributed by atoms with E-state index in [1.165, 1.54) is 0 Å². The van der Waals surface area contributed by atoms with Crippen molar-refractivity contribution in [3.05, 3.63) is 66.2 Å². The van der Waals surface area contributed by atoms with E-state index in [1.54, 1.807) is 18.3 Å². The van der Waals surface area contributed by atoms with Gasteiger partial charge < -0.3 is 0 Å². The number of hydrogen-bond donors (Lipinski definition) is 1. The Labute approximate surface area is 94.2 Å². The van der Waals surface area contributed by atoms with E-state index in [-0.39, 0.29) is 0 Å². The van der Waals surface area contributed by atoms with Gasteiger partial charge in [-0.2, -0.15) is 5.10 Å². The molecule has 0 aliphatic rings. The van der Waals surface area contributed by atoms with E-state index in [0.717, 1.165) is 10.7 Å². The van der Waals surface area contributed by atoms with Crippen LogP contribution in [0, 0.1) is 0 Å². The summed E-state index contributed by atoms with van der Waals surface area (Å²) in [4.78, 5) is 0. The lowest BCUT2D eigenvalue weighted by atomic mass is 10.2. The van der Waals surface area contributed by atoms with Crippen molar-refractivity contribution in [2.75, 3.05) is 5.17 Å². The quantitative estimate of drug-likeness (QED) is 0.627. The van der Waals surface area contributed by atoms with Crippen molar-refractivity contribution in [1.29, 1.82) is 0 Å². The molecule has 0 atom stereocenters. The fraction of sp³-hybridized carbons (Fsp3) is 0. The molecule has 0 spiro atoms. The lowest BCUT2D eigenvalue weighted by molar-refractivity contribution is 0.260. The van der Waals surface area contributed by atoms with Gasteiger partial charge in [-0.25, -0.2) is 0 Å². The molecule has 0 aromatic heterocycles. The van der Waals surface area contributed by atoms with Gasteiger partial charge in [0.15, 0.2) is 0 Å². The van der Waals surface area contributed by atoms with Crippen molar-refractivity contribution in [3.63, 3.8) is 0 Å². The Bertz CT molecular complexity index is 454. The molecule has 0 unspecified atom stereocenters. The molecule has 0 saturated heterocycles. The molecule has 0 aliphatic carbocycles. The first-order chi connectivity index (χ1) is 7.86. The Morgan fingerprint density at radius 3 is 2.06 bits per heavy atom. The second-order valence-electron chi connectivity index (χ2n) is 3.28. The highest BCUT2D eigenvalue weighted by Gasteiger charge is 1.97. The maximum atomic E-state index is 9.62. The van der Waals surface area contributed by atoms with Crippen LogP contribution in [0.1, 0.15) is 5.56 Å². The van der Waals surface area contributed by atoms with Crippen molar-refractivity contribution >= 4 is 11.9 Å². The molecule has 3 heteroatoms. The standard InChI is InChI=1S/C13H12N2O/c16-15(13-9-5-2-6-10-13)14-11-12-7-3-1-4-8-12/h1-11,16H. The third-order valence-electron chi connectivity index (χ3n) is 2.10. The van der Waals surface area contributed by atoms with E-state index in [2.05, 4.69) is 5.10 Å². The Balaban J connectivity index is 2.08. The summed E-state index contributed by atoms with van der Waals surface area (Å²) in [7, 11) is 0. The Morgan fingerprint density at radius 1 is 0.875 bits per heavy atom. The number of rotatable bonds is 3. The van der Waals surface area contributed by atoms with Gasteiger partial charge in [0.1, 0.15) is 0 Å². The number of hydrazone groups is 1. The highest BCUT2D eigenvalue weighted by molar-refractivity contribution is 5.80. The van der Waals surface area contributed by atoms with Crippen LogP contribution in [0.3, 0.4) is 0 Å². The van der Waals surface area contributed by atoms with Crippen molar-refractivity contribution in [1.82, 2.24) is 0 Å². The fourth-order valence-corrected chi connectivity index (χ4v) is 1.29. The minimum atomic E-state index is 0.634. The molecule has 2 aromatic rings. The fourth-order valence-electron chi connectivity index (χ4n) is 1.29. The summed E-state index contributed by atoms with van der Waals surface area (Å²) in [5.41, 5.74) is 1.58. The summed E-state index contributed by atoms with van der Waals surface area (Å²) < 4.78 is 0. The molecule has 2 aromatic carbocycles. The molecule has 1 N–H and O–H groups in total. The summed E-state index contributed by atoms with van der Waals surface area (Å²) in [5, 5.41) is 14.4. The second-order valence-corrected chi connectivity index (χ2v) is 3.28. The van der Waals surface area contributed by atoms with Gasteiger partial charge in [-0.15, -0.1) is 5.17 Å². The zero-order valence-corrected chi connectivity index (χ0v) is 8.69. The molecule has 0 aliphatic heterocycles. The molecule has 3 nitrogen and oxygen atoms in total. The highest BCUT2D eigenvalue weighted by atomic mass is 16.5. The lowest BCUT2D eigenvalue weighted by Crippen LogP contribution is -2.09. The monoisotopic (exact) mass is 212 g/mol. The molecule has 16 heavy (non-hydrogen) atoms. The van der Waals surface area contributed by atoms with Crippen LogP contribution >= 0.6 is 0 Å². The van der Waals surface area contributed by atoms with Gasteiger partial charge in [0, 0.05) is 0 Å². The number of hydrogen-bond acceptors (Lipinski definition) is 3. The maximum absolute atomic E-state index is 9.62. The van der Waals surface area contributed by atoms with Crippen LogP contribution in [-0.4, -0.2) is 11.4 Å². The summed E-state index contributed by atoms with van der Waals surface area (Å²) in [6.07, 6.45) is 1.60. The molecular weight excluding hydrogens is 200 g/mol. The molecule has 0 fully saturated rings. The highest BCUT2D eigenvalue weighted by Crippen LogP contribution is 2.10. The average Bonchev–Trinajstić information content (AvgIpc) is 2.38. The van der Waals surface area contributed by atoms with Crippen molar-refractivity contribution in [2.24, 2.45) is 5.10 Å². The van der Waals surface area contributed by atoms with Crippen LogP contribution in [-0.2, 0) is 0 Å². The first-order valence-corrected chi connectivity index (χ1v) is 4.99. The zero-order valence-electron chi connectivity index (χ0n) is 8.69. The molecule has 80 valence electrons. The third-order valence-corrected chi connectivity index (χ3v) is 2.10. The van der Waals surface area contributed by atoms with E-state index < -0.39 is 0 Å². The van der Waals surface area contributed by atoms with Gasteiger partial charge >= 0.3 is 0 Å². The van der Waals surface area contributed by atoms with Crippen LogP contribution in [0.5, 0.6) is 0 Å². The first-order valence-electron chi connectivity index (χ1n) is 4.99. The minimum absolute atomic E-state index is 0.634. The Kier molecular flexibility index (Phi) is 3.31. The molecular formula is C13H12N2O. The van der Waals surface area contributed by atoms with Crippen LogP contribution in [0.25, 0.3) is 0 Å². The summed E-state index contributed by atoms with van der Waals surface area (Å²) in [6, 6.07) is 18.8. The summed E-state index contributed by atoms with van der Waals surface area (Å²) in [6.45, 7) is 0. The van der Waals surface area contributed by atoms with E-state index in [4.69, 9.17) is 0 Å². The molecule has 0 saturated carbocycles. The van der Waals surface area contributed by atoms with Crippen LogP contribution in [0.4, 0.5) is 5.69 Å².